The van der Waals surface area contributed by atoms with Crippen molar-refractivity contribution < 1.29 is 9.18 Å². The van der Waals surface area contributed by atoms with Crippen LogP contribution in [0.3, 0.4) is 0 Å². The van der Waals surface area contributed by atoms with Crippen molar-refractivity contribution in [3.63, 3.8) is 0 Å². The first-order valence-electron chi connectivity index (χ1n) is 9.64. The molecule has 1 amide bonds. The number of carbonyl (C=O) groups excluding carboxylic acids is 1. The van der Waals surface area contributed by atoms with Crippen LogP contribution in [0.15, 0.2) is 18.6 Å². The van der Waals surface area contributed by atoms with E-state index in [2.05, 4.69) is 43.9 Å². The lowest BCUT2D eigenvalue weighted by Gasteiger charge is -2.32. The lowest BCUT2D eigenvalue weighted by atomic mass is 9.96. The standard InChI is InChI=1S/C19H27FN6O/c1-3-25(4-2)12-9-23-19(27)14-5-10-26(11-6-14)18-17-16(15(20)13-24-18)21-7-8-22-17/h7-8,13-14H,3-6,9-12H2,1-2H3,(H,23,27). The molecule has 1 saturated heterocycles. The summed E-state index contributed by atoms with van der Waals surface area (Å²) in [5, 5.41) is 3.06. The molecule has 7 nitrogen and oxygen atoms in total. The number of anilines is 1. The highest BCUT2D eigenvalue weighted by Crippen LogP contribution is 2.27. The fourth-order valence-electron chi connectivity index (χ4n) is 3.52. The molecular weight excluding hydrogens is 347 g/mol. The Balaban J connectivity index is 1.56. The van der Waals surface area contributed by atoms with Crippen molar-refractivity contribution in [2.75, 3.05) is 44.2 Å². The van der Waals surface area contributed by atoms with Gasteiger partial charge in [-0.05, 0) is 25.9 Å². The number of rotatable bonds is 7. The number of hydrogen-bond donors (Lipinski definition) is 1. The van der Waals surface area contributed by atoms with Crippen LogP contribution in [0.1, 0.15) is 26.7 Å². The molecule has 0 aliphatic carbocycles. The van der Waals surface area contributed by atoms with Crippen LogP contribution in [0.4, 0.5) is 10.2 Å². The molecule has 0 unspecified atom stereocenters. The predicted molar refractivity (Wildman–Crippen MR) is 103 cm³/mol. The molecule has 0 aromatic carbocycles. The Labute approximate surface area is 159 Å². The number of hydrogen-bond acceptors (Lipinski definition) is 6. The lowest BCUT2D eigenvalue weighted by Crippen LogP contribution is -2.43. The first-order valence-corrected chi connectivity index (χ1v) is 9.64. The van der Waals surface area contributed by atoms with E-state index >= 15 is 0 Å². The molecule has 27 heavy (non-hydrogen) atoms. The second kappa shape index (κ2) is 9.03. The first-order chi connectivity index (χ1) is 13.1. The summed E-state index contributed by atoms with van der Waals surface area (Å²) in [4.78, 5) is 29.3. The summed E-state index contributed by atoms with van der Waals surface area (Å²) >= 11 is 0. The third kappa shape index (κ3) is 4.50. The van der Waals surface area contributed by atoms with Gasteiger partial charge in [-0.2, -0.15) is 0 Å². The number of nitrogens with zero attached hydrogens (tertiary/aromatic N) is 5. The van der Waals surface area contributed by atoms with Crippen molar-refractivity contribution in [2.45, 2.75) is 26.7 Å². The smallest absolute Gasteiger partial charge is 0.223 e. The lowest BCUT2D eigenvalue weighted by molar-refractivity contribution is -0.125. The highest BCUT2D eigenvalue weighted by molar-refractivity contribution is 5.86. The summed E-state index contributed by atoms with van der Waals surface area (Å²) in [6.45, 7) is 9.18. The van der Waals surface area contributed by atoms with E-state index in [1.54, 1.807) is 6.20 Å². The molecule has 0 saturated carbocycles. The third-order valence-corrected chi connectivity index (χ3v) is 5.22. The SMILES string of the molecule is CCN(CC)CCNC(=O)C1CCN(c2ncc(F)c3nccnc23)CC1. The van der Waals surface area contributed by atoms with Gasteiger partial charge in [0.1, 0.15) is 11.0 Å². The van der Waals surface area contributed by atoms with E-state index in [4.69, 9.17) is 0 Å². The number of likely N-dealkylation sites (N-methyl/N-ethyl adjacent to an activating group) is 1. The maximum absolute atomic E-state index is 13.9. The molecule has 3 rings (SSSR count). The van der Waals surface area contributed by atoms with E-state index in [0.717, 1.165) is 32.5 Å². The molecule has 2 aromatic heterocycles. The number of piperidine rings is 1. The number of nitrogens with one attached hydrogen (secondary N) is 1. The monoisotopic (exact) mass is 374 g/mol. The maximum Gasteiger partial charge on any atom is 0.223 e. The summed E-state index contributed by atoms with van der Waals surface area (Å²) in [6.07, 6.45) is 5.71. The Morgan fingerprint density at radius 3 is 2.52 bits per heavy atom. The van der Waals surface area contributed by atoms with Crippen molar-refractivity contribution in [3.8, 4) is 0 Å². The highest BCUT2D eigenvalue weighted by atomic mass is 19.1. The fraction of sp³-hybridized carbons (Fsp3) is 0.579. The normalized spacial score (nSPS) is 15.5. The zero-order valence-corrected chi connectivity index (χ0v) is 16.0. The Hall–Kier alpha value is -2.35. The number of halogens is 1. The molecule has 1 aliphatic heterocycles. The van der Waals surface area contributed by atoms with Gasteiger partial charge in [-0.1, -0.05) is 13.8 Å². The van der Waals surface area contributed by atoms with E-state index in [1.807, 2.05) is 0 Å². The van der Waals surface area contributed by atoms with Gasteiger partial charge in [-0.3, -0.25) is 4.79 Å². The summed E-state index contributed by atoms with van der Waals surface area (Å²) in [7, 11) is 0. The zero-order valence-electron chi connectivity index (χ0n) is 16.0. The van der Waals surface area contributed by atoms with Gasteiger partial charge >= 0.3 is 0 Å². The molecule has 0 atom stereocenters. The third-order valence-electron chi connectivity index (χ3n) is 5.22. The minimum Gasteiger partial charge on any atom is -0.355 e. The number of carbonyl (C=O) groups is 1. The van der Waals surface area contributed by atoms with Crippen LogP contribution in [0.2, 0.25) is 0 Å². The number of pyridine rings is 1. The van der Waals surface area contributed by atoms with Gasteiger partial charge in [0.25, 0.3) is 0 Å². The molecule has 3 heterocycles. The molecule has 8 heteroatoms. The Morgan fingerprint density at radius 1 is 1.19 bits per heavy atom. The van der Waals surface area contributed by atoms with Gasteiger partial charge in [0.2, 0.25) is 5.91 Å². The maximum atomic E-state index is 13.9. The quantitative estimate of drug-likeness (QED) is 0.797. The van der Waals surface area contributed by atoms with Gasteiger partial charge in [0.05, 0.1) is 6.20 Å². The molecule has 1 N–H and O–H groups in total. The summed E-state index contributed by atoms with van der Waals surface area (Å²) in [6, 6.07) is 0. The van der Waals surface area contributed by atoms with Gasteiger partial charge in [-0.15, -0.1) is 0 Å². The molecule has 0 radical (unpaired) electrons. The van der Waals surface area contributed by atoms with Crippen LogP contribution in [0.25, 0.3) is 11.0 Å². The minimum atomic E-state index is -0.468. The molecule has 2 aromatic rings. The second-order valence-electron chi connectivity index (χ2n) is 6.76. The van der Waals surface area contributed by atoms with Crippen LogP contribution in [0, 0.1) is 11.7 Å². The van der Waals surface area contributed by atoms with Gasteiger partial charge in [0.15, 0.2) is 11.6 Å². The first kappa shape index (κ1) is 19.4. The average molecular weight is 374 g/mol. The summed E-state index contributed by atoms with van der Waals surface area (Å²) < 4.78 is 13.9. The fourth-order valence-corrected chi connectivity index (χ4v) is 3.52. The van der Waals surface area contributed by atoms with E-state index in [-0.39, 0.29) is 17.3 Å². The molecule has 146 valence electrons. The second-order valence-corrected chi connectivity index (χ2v) is 6.76. The van der Waals surface area contributed by atoms with E-state index in [1.165, 1.54) is 12.4 Å². The van der Waals surface area contributed by atoms with Crippen molar-refractivity contribution in [2.24, 2.45) is 5.92 Å². The number of amides is 1. The van der Waals surface area contributed by atoms with E-state index in [0.29, 0.717) is 31.0 Å². The van der Waals surface area contributed by atoms with Crippen molar-refractivity contribution in [1.29, 1.82) is 0 Å². The Kier molecular flexibility index (Phi) is 6.49. The van der Waals surface area contributed by atoms with Gasteiger partial charge in [0, 0.05) is 44.5 Å². The number of fused-ring (bicyclic) bond motifs is 1. The zero-order chi connectivity index (χ0) is 19.2. The Bertz CT molecular complexity index is 774. The Morgan fingerprint density at radius 2 is 1.85 bits per heavy atom. The summed E-state index contributed by atoms with van der Waals surface area (Å²) in [5.74, 6) is 0.304. The van der Waals surface area contributed by atoms with Crippen LogP contribution in [-0.2, 0) is 4.79 Å². The van der Waals surface area contributed by atoms with Crippen LogP contribution < -0.4 is 10.2 Å². The van der Waals surface area contributed by atoms with Crippen LogP contribution in [0.5, 0.6) is 0 Å². The van der Waals surface area contributed by atoms with Crippen LogP contribution >= 0.6 is 0 Å². The van der Waals surface area contributed by atoms with Gasteiger partial charge in [-0.25, -0.2) is 19.3 Å². The van der Waals surface area contributed by atoms with Gasteiger partial charge < -0.3 is 15.1 Å². The van der Waals surface area contributed by atoms with E-state index < -0.39 is 5.82 Å². The van der Waals surface area contributed by atoms with Crippen molar-refractivity contribution >= 4 is 22.8 Å². The molecule has 1 aliphatic rings. The topological polar surface area (TPSA) is 74.2 Å². The highest BCUT2D eigenvalue weighted by Gasteiger charge is 2.27. The summed E-state index contributed by atoms with van der Waals surface area (Å²) in [5.41, 5.74) is 0.707. The number of aromatic nitrogens is 3. The van der Waals surface area contributed by atoms with Crippen molar-refractivity contribution in [1.82, 2.24) is 25.2 Å². The molecule has 1 fully saturated rings. The van der Waals surface area contributed by atoms with Crippen LogP contribution in [-0.4, -0.2) is 65.0 Å². The average Bonchev–Trinajstić information content (AvgIpc) is 2.72. The molecule has 0 bridgehead atoms. The largest absolute Gasteiger partial charge is 0.355 e. The molecule has 0 spiro atoms. The minimum absolute atomic E-state index is 0.00995. The predicted octanol–water partition coefficient (Wildman–Crippen LogP) is 1.84. The van der Waals surface area contributed by atoms with Crippen molar-refractivity contribution in [3.05, 3.63) is 24.4 Å². The molecular formula is C19H27FN6O. The van der Waals surface area contributed by atoms with E-state index in [9.17, 15) is 9.18 Å².